The van der Waals surface area contributed by atoms with Crippen LogP contribution in [0.2, 0.25) is 0 Å². The molecule has 4 N–H and O–H groups in total. The Hall–Kier alpha value is -0.140. The van der Waals surface area contributed by atoms with E-state index >= 15 is 0 Å². The number of hydrogen-bond acceptors (Lipinski definition) is 6. The normalized spacial score (nSPS) is 6.89. The van der Waals surface area contributed by atoms with Gasteiger partial charge in [0.1, 0.15) is 0 Å². The third-order valence-electron chi connectivity index (χ3n) is 0.381. The summed E-state index contributed by atoms with van der Waals surface area (Å²) in [5, 5.41) is 0. The first-order valence-corrected chi connectivity index (χ1v) is 1.54. The van der Waals surface area contributed by atoms with Gasteiger partial charge in [0, 0.05) is 0 Å². The van der Waals surface area contributed by atoms with Gasteiger partial charge in [0.05, 0.1) is 0 Å². The quantitative estimate of drug-likeness (QED) is 0.216. The molecular formula is C2H5N2NaO4. The van der Waals surface area contributed by atoms with Gasteiger partial charge in [-0.1, -0.05) is 0 Å². The summed E-state index contributed by atoms with van der Waals surface area (Å²) in [6, 6.07) is 0. The summed E-state index contributed by atoms with van der Waals surface area (Å²) < 4.78 is 0. The van der Waals surface area contributed by atoms with Gasteiger partial charge in [-0.05, 0) is 0 Å². The third kappa shape index (κ3) is 4.37. The standard InChI is InChI=1S/C2H4N2O4.Na.H/c3-7-1(5)2(6)8-4;;/h3-4H2;;. The Balaban J connectivity index is 0. The zero-order valence-electron chi connectivity index (χ0n) is 3.79. The molecule has 0 aromatic carbocycles. The number of hydrogen-bond donors (Lipinski definition) is 2. The molecule has 48 valence electrons. The topological polar surface area (TPSA) is 105 Å². The van der Waals surface area contributed by atoms with Crippen molar-refractivity contribution in [3.8, 4) is 0 Å². The molecule has 7 heteroatoms. The first-order chi connectivity index (χ1) is 3.72. The average Bonchev–Trinajstić information content (AvgIpc) is 1.84. The van der Waals surface area contributed by atoms with Crippen molar-refractivity contribution in [3.63, 3.8) is 0 Å². The van der Waals surface area contributed by atoms with Gasteiger partial charge in [0.15, 0.2) is 0 Å². The van der Waals surface area contributed by atoms with Crippen LogP contribution in [0.15, 0.2) is 0 Å². The fraction of sp³-hybridized carbons (Fsp3) is 0. The van der Waals surface area contributed by atoms with Crippen LogP contribution in [0.3, 0.4) is 0 Å². The van der Waals surface area contributed by atoms with Crippen LogP contribution in [0.5, 0.6) is 0 Å². The second-order valence-electron chi connectivity index (χ2n) is 0.811. The Morgan fingerprint density at radius 2 is 1.22 bits per heavy atom. The molecule has 0 aliphatic rings. The second kappa shape index (κ2) is 5.99. The van der Waals surface area contributed by atoms with Crippen LogP contribution < -0.4 is 11.8 Å². The third-order valence-corrected chi connectivity index (χ3v) is 0.381. The number of carbonyl (C=O) groups excluding carboxylic acids is 2. The van der Waals surface area contributed by atoms with E-state index in [0.717, 1.165) is 0 Å². The predicted octanol–water partition coefficient (Wildman–Crippen LogP) is -2.83. The van der Waals surface area contributed by atoms with Gasteiger partial charge in [-0.15, -0.1) is 0 Å². The maximum absolute atomic E-state index is 9.84. The molecule has 6 nitrogen and oxygen atoms in total. The molecule has 0 amide bonds. The first-order valence-electron chi connectivity index (χ1n) is 1.54. The Morgan fingerprint density at radius 3 is 1.33 bits per heavy atom. The summed E-state index contributed by atoms with van der Waals surface area (Å²) in [5.41, 5.74) is 0. The molecule has 0 aliphatic carbocycles. The molecular weight excluding hydrogens is 139 g/mol. The summed E-state index contributed by atoms with van der Waals surface area (Å²) in [7, 11) is 0. The molecule has 0 saturated heterocycles. The van der Waals surface area contributed by atoms with Crippen LogP contribution in [0, 0.1) is 0 Å². The average molecular weight is 144 g/mol. The summed E-state index contributed by atoms with van der Waals surface area (Å²) in [5.74, 6) is 5.83. The van der Waals surface area contributed by atoms with Gasteiger partial charge in [-0.25, -0.2) is 9.59 Å². The van der Waals surface area contributed by atoms with Crippen molar-refractivity contribution in [3.05, 3.63) is 0 Å². The summed E-state index contributed by atoms with van der Waals surface area (Å²) in [6.07, 6.45) is 0. The van der Waals surface area contributed by atoms with E-state index < -0.39 is 11.9 Å². The molecule has 0 saturated carbocycles. The fourth-order valence-electron chi connectivity index (χ4n) is 0.0962. The molecule has 0 spiro atoms. The second-order valence-corrected chi connectivity index (χ2v) is 0.811. The molecule has 0 bridgehead atoms. The van der Waals surface area contributed by atoms with Crippen molar-refractivity contribution in [2.75, 3.05) is 0 Å². The van der Waals surface area contributed by atoms with Crippen molar-refractivity contribution in [2.24, 2.45) is 11.8 Å². The minimum atomic E-state index is -1.33. The molecule has 0 aromatic rings. The van der Waals surface area contributed by atoms with E-state index in [1.807, 2.05) is 0 Å². The van der Waals surface area contributed by atoms with Gasteiger partial charge in [0.25, 0.3) is 0 Å². The zero-order valence-corrected chi connectivity index (χ0v) is 3.79. The van der Waals surface area contributed by atoms with Crippen LogP contribution in [0.1, 0.15) is 0 Å². The Kier molecular flexibility index (Phi) is 7.74. The molecule has 0 atom stereocenters. The molecule has 0 fully saturated rings. The van der Waals surface area contributed by atoms with Crippen molar-refractivity contribution < 1.29 is 19.3 Å². The number of nitrogens with two attached hydrogens (primary N) is 2. The van der Waals surface area contributed by atoms with E-state index in [-0.39, 0.29) is 29.6 Å². The van der Waals surface area contributed by atoms with Crippen LogP contribution in [-0.2, 0) is 19.3 Å². The molecule has 0 radical (unpaired) electrons. The SMILES string of the molecule is NOC(=O)C(=O)ON.[NaH]. The van der Waals surface area contributed by atoms with Gasteiger partial charge < -0.3 is 9.68 Å². The van der Waals surface area contributed by atoms with Gasteiger partial charge in [-0.3, -0.25) is 0 Å². The van der Waals surface area contributed by atoms with Gasteiger partial charge >= 0.3 is 41.5 Å². The van der Waals surface area contributed by atoms with Gasteiger partial charge in [0.2, 0.25) is 0 Å². The van der Waals surface area contributed by atoms with Crippen molar-refractivity contribution in [2.45, 2.75) is 0 Å². The molecule has 0 aliphatic heterocycles. The molecule has 0 rings (SSSR count). The summed E-state index contributed by atoms with van der Waals surface area (Å²) in [6.45, 7) is 0. The van der Waals surface area contributed by atoms with Crippen molar-refractivity contribution in [1.82, 2.24) is 0 Å². The molecule has 0 heterocycles. The predicted molar refractivity (Wildman–Crippen MR) is 27.7 cm³/mol. The van der Waals surface area contributed by atoms with Crippen molar-refractivity contribution >= 4 is 41.5 Å². The van der Waals surface area contributed by atoms with E-state index in [1.54, 1.807) is 0 Å². The molecule has 0 aromatic heterocycles. The van der Waals surface area contributed by atoms with Crippen LogP contribution >= 0.6 is 0 Å². The van der Waals surface area contributed by atoms with Gasteiger partial charge in [-0.2, -0.15) is 11.8 Å². The summed E-state index contributed by atoms with van der Waals surface area (Å²) in [4.78, 5) is 26.5. The van der Waals surface area contributed by atoms with Crippen LogP contribution in [0.25, 0.3) is 0 Å². The van der Waals surface area contributed by atoms with E-state index in [2.05, 4.69) is 21.5 Å². The number of carbonyl (C=O) groups is 2. The zero-order chi connectivity index (χ0) is 6.57. The van der Waals surface area contributed by atoms with Crippen LogP contribution in [0.4, 0.5) is 0 Å². The Bertz CT molecular complexity index is 101. The van der Waals surface area contributed by atoms with Crippen LogP contribution in [-0.4, -0.2) is 41.5 Å². The monoisotopic (exact) mass is 144 g/mol. The van der Waals surface area contributed by atoms with Crippen molar-refractivity contribution in [1.29, 1.82) is 0 Å². The molecule has 0 unspecified atom stereocenters. The maximum atomic E-state index is 9.84. The Morgan fingerprint density at radius 1 is 1.00 bits per heavy atom. The molecule has 9 heavy (non-hydrogen) atoms. The van der Waals surface area contributed by atoms with E-state index in [9.17, 15) is 9.59 Å². The minimum absolute atomic E-state index is 0. The van der Waals surface area contributed by atoms with E-state index in [1.165, 1.54) is 0 Å². The van der Waals surface area contributed by atoms with E-state index in [0.29, 0.717) is 0 Å². The number of rotatable bonds is 0. The van der Waals surface area contributed by atoms with E-state index in [4.69, 9.17) is 0 Å². The fourth-order valence-corrected chi connectivity index (χ4v) is 0.0962. The Labute approximate surface area is 72.7 Å². The first kappa shape index (κ1) is 11.6. The summed E-state index contributed by atoms with van der Waals surface area (Å²) >= 11 is 0.